The fraction of sp³-hybridized carbons (Fsp3) is 0.227. The van der Waals surface area contributed by atoms with Gasteiger partial charge in [-0.3, -0.25) is 9.78 Å². The van der Waals surface area contributed by atoms with Crippen LogP contribution in [0, 0.1) is 0 Å². The Labute approximate surface area is 178 Å². The molecular weight excluding hydrogens is 398 g/mol. The predicted octanol–water partition coefficient (Wildman–Crippen LogP) is 2.31. The van der Waals surface area contributed by atoms with Crippen LogP contribution >= 0.6 is 0 Å². The Morgan fingerprint density at radius 3 is 2.84 bits per heavy atom. The van der Waals surface area contributed by atoms with Gasteiger partial charge in [0.2, 0.25) is 11.9 Å². The van der Waals surface area contributed by atoms with E-state index in [0.29, 0.717) is 35.8 Å². The molecule has 9 heteroatoms. The molecule has 0 fully saturated rings. The summed E-state index contributed by atoms with van der Waals surface area (Å²) in [6.45, 7) is 0. The summed E-state index contributed by atoms with van der Waals surface area (Å²) in [7, 11) is 1.57. The highest BCUT2D eigenvalue weighted by Gasteiger charge is 2.27. The van der Waals surface area contributed by atoms with Crippen LogP contribution in [0.5, 0.6) is 5.75 Å². The van der Waals surface area contributed by atoms with Crippen LogP contribution in [0.15, 0.2) is 42.9 Å². The molecule has 9 nitrogen and oxygen atoms in total. The number of benzene rings is 1. The standard InChI is InChI=1S/C22H21N5O4/c1-31-15-8-13(10-24-11-15)18-6-7-25-22(27-18)26-14-4-2-12-3-5-16(21(29)30)19(20(23)28)17(12)9-14/h3,5-8,10-11,14H,2,4,9H2,1H3,(H2,23,28)(H,29,30)(H,25,26,27). The second kappa shape index (κ2) is 8.39. The molecule has 0 aliphatic heterocycles. The zero-order valence-corrected chi connectivity index (χ0v) is 16.8. The van der Waals surface area contributed by atoms with E-state index >= 15 is 0 Å². The lowest BCUT2D eigenvalue weighted by Gasteiger charge is -2.27. The van der Waals surface area contributed by atoms with Gasteiger partial charge in [0.25, 0.3) is 0 Å². The Morgan fingerprint density at radius 1 is 1.26 bits per heavy atom. The van der Waals surface area contributed by atoms with Crippen LogP contribution < -0.4 is 15.8 Å². The van der Waals surface area contributed by atoms with Gasteiger partial charge in [0, 0.05) is 24.0 Å². The van der Waals surface area contributed by atoms with Gasteiger partial charge in [-0.25, -0.2) is 14.8 Å². The number of aryl methyl sites for hydroxylation is 1. The molecule has 1 atom stereocenters. The number of hydrogen-bond acceptors (Lipinski definition) is 7. The van der Waals surface area contributed by atoms with E-state index in [1.807, 2.05) is 6.07 Å². The van der Waals surface area contributed by atoms with Gasteiger partial charge in [-0.2, -0.15) is 0 Å². The maximum atomic E-state index is 12.0. The number of nitrogens with two attached hydrogens (primary N) is 1. The molecule has 0 saturated carbocycles. The number of aromatic carboxylic acids is 1. The molecule has 2 heterocycles. The van der Waals surface area contributed by atoms with E-state index in [0.717, 1.165) is 17.5 Å². The van der Waals surface area contributed by atoms with Gasteiger partial charge in [0.1, 0.15) is 5.75 Å². The van der Waals surface area contributed by atoms with Gasteiger partial charge < -0.3 is 20.9 Å². The largest absolute Gasteiger partial charge is 0.495 e. The molecule has 1 unspecified atom stereocenters. The number of carbonyl (C=O) groups is 2. The number of nitrogens with one attached hydrogen (secondary N) is 1. The van der Waals surface area contributed by atoms with Gasteiger partial charge in [-0.05, 0) is 48.6 Å². The van der Waals surface area contributed by atoms with Crippen molar-refractivity contribution in [3.63, 3.8) is 0 Å². The van der Waals surface area contributed by atoms with Gasteiger partial charge in [-0.1, -0.05) is 6.07 Å². The first-order valence-electron chi connectivity index (χ1n) is 9.73. The van der Waals surface area contributed by atoms with Crippen molar-refractivity contribution in [2.24, 2.45) is 5.73 Å². The highest BCUT2D eigenvalue weighted by atomic mass is 16.5. The normalized spacial score (nSPS) is 15.1. The Balaban J connectivity index is 1.59. The molecule has 4 rings (SSSR count). The van der Waals surface area contributed by atoms with Crippen molar-refractivity contribution in [2.45, 2.75) is 25.3 Å². The first-order chi connectivity index (χ1) is 15.0. The molecule has 1 aliphatic rings. The van der Waals surface area contributed by atoms with Crippen molar-refractivity contribution in [1.29, 1.82) is 0 Å². The van der Waals surface area contributed by atoms with Crippen molar-refractivity contribution in [3.8, 4) is 17.0 Å². The Bertz CT molecular complexity index is 1160. The van der Waals surface area contributed by atoms with Crippen molar-refractivity contribution >= 4 is 17.8 Å². The number of carboxylic acid groups (broad SMARTS) is 1. The summed E-state index contributed by atoms with van der Waals surface area (Å²) in [6.07, 6.45) is 6.88. The number of carbonyl (C=O) groups excluding carboxylic acids is 1. The van der Waals surface area contributed by atoms with E-state index in [1.165, 1.54) is 6.07 Å². The van der Waals surface area contributed by atoms with Crippen molar-refractivity contribution < 1.29 is 19.4 Å². The highest BCUT2D eigenvalue weighted by Crippen LogP contribution is 2.29. The number of rotatable bonds is 6. The predicted molar refractivity (Wildman–Crippen MR) is 113 cm³/mol. The van der Waals surface area contributed by atoms with Crippen LogP contribution in [-0.2, 0) is 12.8 Å². The first kappa shape index (κ1) is 20.3. The Morgan fingerprint density at radius 2 is 2.10 bits per heavy atom. The summed E-state index contributed by atoms with van der Waals surface area (Å²) in [5.74, 6) is -0.847. The molecular formula is C22H21N5O4. The van der Waals surface area contributed by atoms with Crippen LogP contribution in [-0.4, -0.2) is 45.1 Å². The molecule has 31 heavy (non-hydrogen) atoms. The number of fused-ring (bicyclic) bond motifs is 1. The van der Waals surface area contributed by atoms with E-state index < -0.39 is 11.9 Å². The quantitative estimate of drug-likeness (QED) is 0.553. The van der Waals surface area contributed by atoms with Crippen LogP contribution in [0.1, 0.15) is 38.3 Å². The van der Waals surface area contributed by atoms with E-state index in [1.54, 1.807) is 37.8 Å². The molecule has 1 aliphatic carbocycles. The number of hydrogen-bond donors (Lipinski definition) is 3. The SMILES string of the molecule is COc1cncc(-c2ccnc(NC3CCc4ccc(C(=O)O)c(C(N)=O)c4C3)n2)c1. The summed E-state index contributed by atoms with van der Waals surface area (Å²) < 4.78 is 5.22. The second-order valence-corrected chi connectivity index (χ2v) is 7.26. The number of nitrogens with zero attached hydrogens (tertiary/aromatic N) is 3. The molecule has 1 amide bonds. The van der Waals surface area contributed by atoms with Crippen LogP contribution in [0.2, 0.25) is 0 Å². The van der Waals surface area contributed by atoms with Gasteiger partial charge >= 0.3 is 5.97 Å². The molecule has 0 saturated heterocycles. The topological polar surface area (TPSA) is 140 Å². The lowest BCUT2D eigenvalue weighted by Crippen LogP contribution is -2.31. The average Bonchev–Trinajstić information content (AvgIpc) is 2.78. The summed E-state index contributed by atoms with van der Waals surface area (Å²) in [6, 6.07) is 6.75. The van der Waals surface area contributed by atoms with Crippen LogP contribution in [0.4, 0.5) is 5.95 Å². The third-order valence-electron chi connectivity index (χ3n) is 5.33. The minimum atomic E-state index is -1.17. The van der Waals surface area contributed by atoms with Crippen LogP contribution in [0.3, 0.4) is 0 Å². The smallest absolute Gasteiger partial charge is 0.336 e. The average molecular weight is 419 g/mol. The summed E-state index contributed by atoms with van der Waals surface area (Å²) in [5, 5.41) is 12.7. The lowest BCUT2D eigenvalue weighted by molar-refractivity contribution is 0.0691. The number of pyridine rings is 1. The monoisotopic (exact) mass is 419 g/mol. The summed E-state index contributed by atoms with van der Waals surface area (Å²) in [5.41, 5.74) is 8.61. The first-order valence-corrected chi connectivity index (χ1v) is 9.73. The van der Waals surface area contributed by atoms with Crippen molar-refractivity contribution in [2.75, 3.05) is 12.4 Å². The summed E-state index contributed by atoms with van der Waals surface area (Å²) >= 11 is 0. The molecule has 4 N–H and O–H groups in total. The number of aromatic nitrogens is 3. The highest BCUT2D eigenvalue weighted by molar-refractivity contribution is 6.05. The third kappa shape index (κ3) is 4.16. The fourth-order valence-electron chi connectivity index (χ4n) is 3.86. The van der Waals surface area contributed by atoms with E-state index in [-0.39, 0.29) is 17.2 Å². The molecule has 2 aromatic heterocycles. The van der Waals surface area contributed by atoms with Crippen LogP contribution in [0.25, 0.3) is 11.3 Å². The molecule has 0 spiro atoms. The number of amides is 1. The summed E-state index contributed by atoms with van der Waals surface area (Å²) in [4.78, 5) is 36.6. The number of primary amides is 1. The van der Waals surface area contributed by atoms with Gasteiger partial charge in [-0.15, -0.1) is 0 Å². The zero-order chi connectivity index (χ0) is 22.0. The van der Waals surface area contributed by atoms with E-state index in [9.17, 15) is 14.7 Å². The minimum Gasteiger partial charge on any atom is -0.495 e. The number of ether oxygens (including phenoxy) is 1. The van der Waals surface area contributed by atoms with Crippen molar-refractivity contribution in [3.05, 3.63) is 65.1 Å². The molecule has 1 aromatic carbocycles. The minimum absolute atomic E-state index is 0.0735. The fourth-order valence-corrected chi connectivity index (χ4v) is 3.86. The Kier molecular flexibility index (Phi) is 5.48. The molecule has 0 bridgehead atoms. The molecule has 0 radical (unpaired) electrons. The maximum Gasteiger partial charge on any atom is 0.336 e. The van der Waals surface area contributed by atoms with E-state index in [4.69, 9.17) is 10.5 Å². The Hall–Kier alpha value is -4.01. The van der Waals surface area contributed by atoms with Crippen molar-refractivity contribution in [1.82, 2.24) is 15.0 Å². The maximum absolute atomic E-state index is 12.0. The molecule has 158 valence electrons. The number of carboxylic acids is 1. The number of anilines is 1. The lowest BCUT2D eigenvalue weighted by atomic mass is 9.83. The van der Waals surface area contributed by atoms with Gasteiger partial charge in [0.05, 0.1) is 30.1 Å². The number of methoxy groups -OCH3 is 1. The van der Waals surface area contributed by atoms with Gasteiger partial charge in [0.15, 0.2) is 0 Å². The third-order valence-corrected chi connectivity index (χ3v) is 5.33. The van der Waals surface area contributed by atoms with E-state index in [2.05, 4.69) is 20.3 Å². The molecule has 3 aromatic rings. The zero-order valence-electron chi connectivity index (χ0n) is 16.8. The second-order valence-electron chi connectivity index (χ2n) is 7.26.